The van der Waals surface area contributed by atoms with Gasteiger partial charge in [-0.15, -0.1) is 0 Å². The van der Waals surface area contributed by atoms with Gasteiger partial charge in [-0.3, -0.25) is 15.1 Å². The number of carbonyl (C=O) groups is 2. The number of alkyl halides is 4. The first-order chi connectivity index (χ1) is 25.2. The normalized spacial score (nSPS) is 19.1. The van der Waals surface area contributed by atoms with Crippen LogP contribution in [0.25, 0.3) is 16.8 Å². The van der Waals surface area contributed by atoms with Crippen molar-refractivity contribution in [2.75, 3.05) is 12.9 Å². The highest BCUT2D eigenvalue weighted by atomic mass is 35.5. The molecule has 288 valence electrons. The minimum atomic E-state index is -4.71. The SMILES string of the molecule is CC(C)(C)C[C@]1(c2ccc(-c3cnn(S(C)(=O)=O)c3)cc2)NC(=N)N([C@H](COC(=O)NC2(C(F)(F)F)CC2)c2ccc(Cl)c(-n3ncnc3CF)c2)C1=O. The van der Waals surface area contributed by atoms with Crippen molar-refractivity contribution in [1.29, 1.82) is 5.41 Å². The van der Waals surface area contributed by atoms with Crippen LogP contribution in [-0.2, 0) is 31.8 Å². The van der Waals surface area contributed by atoms with E-state index >= 15 is 0 Å². The Morgan fingerprint density at radius 2 is 1.80 bits per heavy atom. The Morgan fingerprint density at radius 1 is 1.11 bits per heavy atom. The van der Waals surface area contributed by atoms with Gasteiger partial charge in [0, 0.05) is 5.56 Å². The number of halogens is 5. The van der Waals surface area contributed by atoms with E-state index < -0.39 is 70.0 Å². The second-order valence-corrected chi connectivity index (χ2v) is 16.7. The molecule has 2 fully saturated rings. The van der Waals surface area contributed by atoms with Crippen molar-refractivity contribution in [3.63, 3.8) is 0 Å². The van der Waals surface area contributed by atoms with E-state index in [-0.39, 0.29) is 41.4 Å². The lowest BCUT2D eigenvalue weighted by atomic mass is 9.75. The van der Waals surface area contributed by atoms with E-state index in [1.165, 1.54) is 30.6 Å². The average Bonchev–Trinajstić information content (AvgIpc) is 3.40. The number of ether oxygens (including phenoxy) is 1. The highest BCUT2D eigenvalue weighted by molar-refractivity contribution is 7.89. The molecule has 1 saturated heterocycles. The van der Waals surface area contributed by atoms with Crippen LogP contribution in [0.5, 0.6) is 0 Å². The van der Waals surface area contributed by atoms with Gasteiger partial charge < -0.3 is 15.4 Å². The highest BCUT2D eigenvalue weighted by Gasteiger charge is 2.64. The standard InChI is InChI=1S/C34H36ClF4N9O5S/c1-31(2,3)18-33(23-8-5-20(6-9-23)22-15-42-46(16-22)54(4,51)52)28(49)47(29(40)44-33)26(17-53-30(50)45-32(11-12-32)34(37,38)39)21-7-10-24(35)25(13-21)48-27(14-36)41-19-43-48/h5-10,13,15-16,19,26H,11-12,14,17-18H2,1-4H3,(H2,40,44)(H,45,50)/t26-,33-/m1/s1. The maximum atomic E-state index is 14.9. The Labute approximate surface area is 312 Å². The second-order valence-electron chi connectivity index (χ2n) is 14.5. The lowest BCUT2D eigenvalue weighted by molar-refractivity contribution is -0.164. The average molecular weight is 794 g/mol. The third kappa shape index (κ3) is 7.38. The van der Waals surface area contributed by atoms with Gasteiger partial charge in [-0.25, -0.2) is 27.3 Å². The summed E-state index contributed by atoms with van der Waals surface area (Å²) < 4.78 is 86.0. The van der Waals surface area contributed by atoms with Crippen molar-refractivity contribution in [2.45, 2.75) is 70.0 Å². The van der Waals surface area contributed by atoms with Gasteiger partial charge in [0.1, 0.15) is 30.7 Å². The molecule has 0 radical (unpaired) electrons. The van der Waals surface area contributed by atoms with Gasteiger partial charge in [0.2, 0.25) is 0 Å². The molecule has 2 aromatic carbocycles. The molecular weight excluding hydrogens is 758 g/mol. The maximum Gasteiger partial charge on any atom is 0.411 e. The molecule has 0 bridgehead atoms. The van der Waals surface area contributed by atoms with Gasteiger partial charge in [-0.05, 0) is 53.5 Å². The minimum absolute atomic E-state index is 0.0916. The van der Waals surface area contributed by atoms with Crippen molar-refractivity contribution in [2.24, 2.45) is 5.41 Å². The van der Waals surface area contributed by atoms with Gasteiger partial charge in [0.05, 0.1) is 35.4 Å². The van der Waals surface area contributed by atoms with E-state index in [1.54, 1.807) is 24.3 Å². The van der Waals surface area contributed by atoms with Gasteiger partial charge >= 0.3 is 12.3 Å². The Hall–Kier alpha value is -5.04. The number of rotatable bonds is 11. The number of nitrogens with one attached hydrogen (secondary N) is 3. The van der Waals surface area contributed by atoms with Crippen LogP contribution in [0.1, 0.15) is 63.0 Å². The Balaban J connectivity index is 1.39. The van der Waals surface area contributed by atoms with Crippen LogP contribution >= 0.6 is 11.6 Å². The van der Waals surface area contributed by atoms with Crippen molar-refractivity contribution < 1.29 is 40.3 Å². The summed E-state index contributed by atoms with van der Waals surface area (Å²) in [7, 11) is -3.63. The van der Waals surface area contributed by atoms with Crippen LogP contribution < -0.4 is 10.6 Å². The number of alkyl carbamates (subject to hydrolysis) is 1. The molecule has 0 spiro atoms. The number of carbonyl (C=O) groups excluding carboxylic acids is 2. The molecule has 54 heavy (non-hydrogen) atoms. The van der Waals surface area contributed by atoms with E-state index in [0.717, 1.165) is 26.3 Å². The summed E-state index contributed by atoms with van der Waals surface area (Å²) in [5.74, 6) is -1.12. The minimum Gasteiger partial charge on any atom is -0.447 e. The summed E-state index contributed by atoms with van der Waals surface area (Å²) in [5.41, 5.74) is -2.61. The third-order valence-corrected chi connectivity index (χ3v) is 10.4. The van der Waals surface area contributed by atoms with Crippen molar-refractivity contribution in [3.05, 3.63) is 83.2 Å². The molecule has 3 heterocycles. The fourth-order valence-electron chi connectivity index (χ4n) is 6.48. The zero-order chi connectivity index (χ0) is 39.4. The molecule has 2 atom stereocenters. The van der Waals surface area contributed by atoms with Crippen LogP contribution in [0, 0.1) is 10.8 Å². The van der Waals surface area contributed by atoms with Crippen LogP contribution in [0.15, 0.2) is 61.2 Å². The molecule has 2 aromatic heterocycles. The molecule has 6 rings (SSSR count). The largest absolute Gasteiger partial charge is 0.447 e. The zero-order valence-electron chi connectivity index (χ0n) is 29.4. The first-order valence-corrected chi connectivity index (χ1v) is 18.7. The van der Waals surface area contributed by atoms with E-state index in [4.69, 9.17) is 21.7 Å². The van der Waals surface area contributed by atoms with Gasteiger partial charge in [-0.2, -0.15) is 27.5 Å². The second kappa shape index (κ2) is 13.7. The third-order valence-electron chi connectivity index (χ3n) is 9.20. The van der Waals surface area contributed by atoms with Crippen molar-refractivity contribution in [1.82, 2.24) is 39.5 Å². The molecule has 4 aromatic rings. The Morgan fingerprint density at radius 3 is 2.37 bits per heavy atom. The predicted molar refractivity (Wildman–Crippen MR) is 188 cm³/mol. The lowest BCUT2D eigenvalue weighted by Crippen LogP contribution is -2.49. The number of hydrogen-bond donors (Lipinski definition) is 3. The van der Waals surface area contributed by atoms with E-state index in [9.17, 15) is 35.6 Å². The van der Waals surface area contributed by atoms with Gasteiger partial charge in [-0.1, -0.05) is 62.7 Å². The summed E-state index contributed by atoms with van der Waals surface area (Å²) in [6, 6.07) is 9.72. The van der Waals surface area contributed by atoms with Gasteiger partial charge in [0.15, 0.2) is 11.8 Å². The summed E-state index contributed by atoms with van der Waals surface area (Å²) >= 11 is 6.48. The first kappa shape index (κ1) is 38.7. The summed E-state index contributed by atoms with van der Waals surface area (Å²) in [4.78, 5) is 32.7. The molecule has 2 aliphatic rings. The van der Waals surface area contributed by atoms with Crippen molar-refractivity contribution in [3.8, 4) is 16.8 Å². The topological polar surface area (TPSA) is 177 Å². The van der Waals surface area contributed by atoms with Crippen LogP contribution in [-0.4, -0.2) is 79.8 Å². The number of aromatic nitrogens is 5. The van der Waals surface area contributed by atoms with Gasteiger partial charge in [0.25, 0.3) is 15.9 Å². The Kier molecular flexibility index (Phi) is 9.79. The molecule has 1 aliphatic heterocycles. The molecule has 14 nitrogen and oxygen atoms in total. The van der Waals surface area contributed by atoms with E-state index in [1.807, 2.05) is 26.1 Å². The smallest absolute Gasteiger partial charge is 0.411 e. The fourth-order valence-corrected chi connectivity index (χ4v) is 7.20. The molecule has 0 unspecified atom stereocenters. The van der Waals surface area contributed by atoms with Crippen LogP contribution in [0.2, 0.25) is 5.02 Å². The summed E-state index contributed by atoms with van der Waals surface area (Å²) in [6.07, 6.45) is -1.72. The molecule has 1 aliphatic carbocycles. The maximum absolute atomic E-state index is 14.9. The fraction of sp³-hybridized carbons (Fsp3) is 0.412. The van der Waals surface area contributed by atoms with E-state index in [0.29, 0.717) is 16.7 Å². The number of amides is 2. The highest BCUT2D eigenvalue weighted by Crippen LogP contribution is 2.49. The number of nitrogens with zero attached hydrogens (tertiary/aromatic N) is 6. The molecular formula is C34H36ClF4N9O5S. The number of hydrogen-bond acceptors (Lipinski definition) is 9. The summed E-state index contributed by atoms with van der Waals surface area (Å²) in [5, 5.41) is 22.1. The molecule has 1 saturated carbocycles. The number of benzene rings is 2. The zero-order valence-corrected chi connectivity index (χ0v) is 31.0. The predicted octanol–water partition coefficient (Wildman–Crippen LogP) is 5.62. The molecule has 3 N–H and O–H groups in total. The van der Waals surface area contributed by atoms with Crippen LogP contribution in [0.4, 0.5) is 22.4 Å². The lowest BCUT2D eigenvalue weighted by Gasteiger charge is -2.35. The van der Waals surface area contributed by atoms with Crippen LogP contribution in [0.3, 0.4) is 0 Å². The summed E-state index contributed by atoms with van der Waals surface area (Å²) in [6.45, 7) is 4.00. The first-order valence-electron chi connectivity index (χ1n) is 16.5. The monoisotopic (exact) mass is 793 g/mol. The molecule has 2 amide bonds. The van der Waals surface area contributed by atoms with E-state index in [2.05, 4.69) is 20.5 Å². The number of guanidine groups is 1. The van der Waals surface area contributed by atoms with Crippen molar-refractivity contribution >= 4 is 39.6 Å². The molecule has 20 heteroatoms. The quantitative estimate of drug-likeness (QED) is 0.163. The Bertz CT molecular complexity index is 2220.